The molecule has 6 nitrogen and oxygen atoms in total. The SMILES string of the molecule is CCN(CC)C(=O)C(C)Sc1nnc(CSc2nc3ccccc3s2)n1CC. The quantitative estimate of drug-likeness (QED) is 0.460. The molecule has 0 radical (unpaired) electrons. The van der Waals surface area contributed by atoms with Crippen molar-refractivity contribution in [1.29, 1.82) is 0 Å². The molecule has 3 rings (SSSR count). The second-order valence-corrected chi connectivity index (χ2v) is 9.71. The molecule has 3 aromatic rings. The van der Waals surface area contributed by atoms with Crippen LogP contribution in [0.3, 0.4) is 0 Å². The maximum absolute atomic E-state index is 12.5. The van der Waals surface area contributed by atoms with Gasteiger partial charge in [0, 0.05) is 19.6 Å². The number of fused-ring (bicyclic) bond motifs is 1. The van der Waals surface area contributed by atoms with Crippen molar-refractivity contribution >= 4 is 51.0 Å². The number of amides is 1. The van der Waals surface area contributed by atoms with E-state index in [0.717, 1.165) is 40.5 Å². The Balaban J connectivity index is 1.68. The lowest BCUT2D eigenvalue weighted by Gasteiger charge is -2.22. The summed E-state index contributed by atoms with van der Waals surface area (Å²) < 4.78 is 4.32. The van der Waals surface area contributed by atoms with Gasteiger partial charge in [0.05, 0.1) is 21.2 Å². The lowest BCUT2D eigenvalue weighted by atomic mass is 10.3. The molecular weight excluding hydrogens is 410 g/mol. The highest BCUT2D eigenvalue weighted by atomic mass is 32.2. The summed E-state index contributed by atoms with van der Waals surface area (Å²) in [5.41, 5.74) is 1.03. The van der Waals surface area contributed by atoms with Gasteiger partial charge in [-0.15, -0.1) is 21.5 Å². The highest BCUT2D eigenvalue weighted by Crippen LogP contribution is 2.32. The highest BCUT2D eigenvalue weighted by molar-refractivity contribution is 8.00. The molecule has 2 aromatic heterocycles. The summed E-state index contributed by atoms with van der Waals surface area (Å²) in [5.74, 6) is 1.77. The molecule has 1 atom stereocenters. The fourth-order valence-corrected chi connectivity index (χ4v) is 5.89. The van der Waals surface area contributed by atoms with Gasteiger partial charge >= 0.3 is 0 Å². The second kappa shape index (κ2) is 9.76. The summed E-state index contributed by atoms with van der Waals surface area (Å²) >= 11 is 4.86. The second-order valence-electron chi connectivity index (χ2n) is 6.15. The average molecular weight is 436 g/mol. The van der Waals surface area contributed by atoms with Crippen molar-refractivity contribution in [1.82, 2.24) is 24.6 Å². The van der Waals surface area contributed by atoms with Crippen LogP contribution in [0.4, 0.5) is 0 Å². The van der Waals surface area contributed by atoms with Crippen molar-refractivity contribution < 1.29 is 4.79 Å². The standard InChI is InChI=1S/C19H25N5OS3/c1-5-23(6-2)17(25)13(4)27-18-22-21-16(24(18)7-3)12-26-19-20-14-10-8-9-11-15(14)28-19/h8-11,13H,5-7,12H2,1-4H3. The van der Waals surface area contributed by atoms with E-state index in [0.29, 0.717) is 5.75 Å². The van der Waals surface area contributed by atoms with Gasteiger partial charge in [-0.3, -0.25) is 4.79 Å². The Morgan fingerprint density at radius 3 is 2.64 bits per heavy atom. The number of thiazole rings is 1. The predicted molar refractivity (Wildman–Crippen MR) is 118 cm³/mol. The lowest BCUT2D eigenvalue weighted by Crippen LogP contribution is -2.36. The van der Waals surface area contributed by atoms with Crippen LogP contribution in [-0.4, -0.2) is 48.9 Å². The monoisotopic (exact) mass is 435 g/mol. The van der Waals surface area contributed by atoms with Crippen molar-refractivity contribution in [2.24, 2.45) is 0 Å². The molecule has 0 saturated carbocycles. The van der Waals surface area contributed by atoms with E-state index in [1.54, 1.807) is 23.1 Å². The van der Waals surface area contributed by atoms with E-state index >= 15 is 0 Å². The van der Waals surface area contributed by atoms with E-state index in [4.69, 9.17) is 0 Å². The van der Waals surface area contributed by atoms with Crippen LogP contribution in [0.25, 0.3) is 10.2 Å². The Morgan fingerprint density at radius 1 is 1.21 bits per heavy atom. The molecule has 0 aliphatic heterocycles. The van der Waals surface area contributed by atoms with Crippen LogP contribution in [0.1, 0.15) is 33.5 Å². The Hall–Kier alpha value is -1.58. The smallest absolute Gasteiger partial charge is 0.235 e. The summed E-state index contributed by atoms with van der Waals surface area (Å²) in [5, 5.41) is 9.35. The molecule has 1 amide bonds. The Kier molecular flexibility index (Phi) is 7.36. The van der Waals surface area contributed by atoms with Crippen LogP contribution >= 0.6 is 34.9 Å². The number of rotatable bonds is 9. The van der Waals surface area contributed by atoms with Gasteiger partial charge in [0.15, 0.2) is 9.50 Å². The normalized spacial score (nSPS) is 12.4. The zero-order valence-electron chi connectivity index (χ0n) is 16.6. The largest absolute Gasteiger partial charge is 0.342 e. The van der Waals surface area contributed by atoms with Crippen LogP contribution in [0.2, 0.25) is 0 Å². The third kappa shape index (κ3) is 4.69. The number of para-hydroxylation sites is 1. The van der Waals surface area contributed by atoms with Gasteiger partial charge in [-0.05, 0) is 39.8 Å². The molecule has 28 heavy (non-hydrogen) atoms. The van der Waals surface area contributed by atoms with Crippen LogP contribution < -0.4 is 0 Å². The summed E-state index contributed by atoms with van der Waals surface area (Å²) in [6.45, 7) is 10.3. The number of hydrogen-bond donors (Lipinski definition) is 0. The van der Waals surface area contributed by atoms with Crippen molar-refractivity contribution in [2.75, 3.05) is 13.1 Å². The molecule has 0 bridgehead atoms. The van der Waals surface area contributed by atoms with E-state index in [2.05, 4.69) is 32.7 Å². The zero-order chi connectivity index (χ0) is 20.1. The molecule has 0 saturated heterocycles. The molecule has 0 fully saturated rings. The van der Waals surface area contributed by atoms with Gasteiger partial charge in [-0.25, -0.2) is 4.98 Å². The van der Waals surface area contributed by atoms with Crippen LogP contribution in [-0.2, 0) is 17.1 Å². The first kappa shape index (κ1) is 21.1. The van der Waals surface area contributed by atoms with Crippen molar-refractivity contribution in [2.45, 2.75) is 54.7 Å². The molecule has 0 spiro atoms. The van der Waals surface area contributed by atoms with Crippen molar-refractivity contribution in [3.8, 4) is 0 Å². The van der Waals surface area contributed by atoms with Crippen molar-refractivity contribution in [3.05, 3.63) is 30.1 Å². The minimum atomic E-state index is -0.181. The third-order valence-corrected chi connectivity index (χ3v) is 7.66. The number of aromatic nitrogens is 4. The first-order chi connectivity index (χ1) is 13.6. The number of thioether (sulfide) groups is 2. The molecule has 0 N–H and O–H groups in total. The maximum Gasteiger partial charge on any atom is 0.235 e. The van der Waals surface area contributed by atoms with Crippen molar-refractivity contribution in [3.63, 3.8) is 0 Å². The minimum absolute atomic E-state index is 0.144. The molecule has 1 unspecified atom stereocenters. The number of carbonyl (C=O) groups excluding carboxylic acids is 1. The fourth-order valence-electron chi connectivity index (χ4n) is 2.87. The van der Waals surface area contributed by atoms with Gasteiger partial charge in [0.1, 0.15) is 5.82 Å². The van der Waals surface area contributed by atoms with E-state index < -0.39 is 0 Å². The molecular formula is C19H25N5OS3. The molecule has 1 aromatic carbocycles. The topological polar surface area (TPSA) is 63.9 Å². The first-order valence-electron chi connectivity index (χ1n) is 9.43. The number of nitrogens with zero attached hydrogens (tertiary/aromatic N) is 5. The van der Waals surface area contributed by atoms with Gasteiger partial charge in [-0.2, -0.15) is 0 Å². The van der Waals surface area contributed by atoms with Gasteiger partial charge in [-0.1, -0.05) is 35.7 Å². The van der Waals surface area contributed by atoms with E-state index in [-0.39, 0.29) is 11.2 Å². The van der Waals surface area contributed by atoms with Gasteiger partial charge in [0.25, 0.3) is 0 Å². The Labute approximate surface area is 178 Å². The highest BCUT2D eigenvalue weighted by Gasteiger charge is 2.22. The maximum atomic E-state index is 12.5. The van der Waals surface area contributed by atoms with Gasteiger partial charge in [0.2, 0.25) is 5.91 Å². The summed E-state index contributed by atoms with van der Waals surface area (Å²) in [6.07, 6.45) is 0. The number of benzene rings is 1. The van der Waals surface area contributed by atoms with Crippen LogP contribution in [0, 0.1) is 0 Å². The van der Waals surface area contributed by atoms with E-state index in [1.165, 1.54) is 16.5 Å². The third-order valence-electron chi connectivity index (χ3n) is 4.41. The van der Waals surface area contributed by atoms with E-state index in [1.807, 2.05) is 43.9 Å². The molecule has 2 heterocycles. The molecule has 9 heteroatoms. The zero-order valence-corrected chi connectivity index (χ0v) is 19.0. The average Bonchev–Trinajstić information content (AvgIpc) is 3.30. The molecule has 150 valence electrons. The summed E-state index contributed by atoms with van der Waals surface area (Å²) in [7, 11) is 0. The summed E-state index contributed by atoms with van der Waals surface area (Å²) in [4.78, 5) is 19.1. The predicted octanol–water partition coefficient (Wildman–Crippen LogP) is 4.55. The Bertz CT molecular complexity index is 902. The lowest BCUT2D eigenvalue weighted by molar-refractivity contribution is -0.129. The number of hydrogen-bond acceptors (Lipinski definition) is 7. The minimum Gasteiger partial charge on any atom is -0.342 e. The van der Waals surface area contributed by atoms with E-state index in [9.17, 15) is 4.79 Å². The number of carbonyl (C=O) groups is 1. The molecule has 0 aliphatic rings. The molecule has 0 aliphatic carbocycles. The van der Waals surface area contributed by atoms with Gasteiger partial charge < -0.3 is 9.47 Å². The summed E-state index contributed by atoms with van der Waals surface area (Å²) in [6, 6.07) is 8.17. The first-order valence-corrected chi connectivity index (χ1v) is 12.1. The fraction of sp³-hybridized carbons (Fsp3) is 0.474. The van der Waals surface area contributed by atoms with Crippen LogP contribution in [0.5, 0.6) is 0 Å². The van der Waals surface area contributed by atoms with Crippen LogP contribution in [0.15, 0.2) is 33.8 Å². The Morgan fingerprint density at radius 2 is 1.96 bits per heavy atom.